The van der Waals surface area contributed by atoms with Gasteiger partial charge in [-0.05, 0) is 12.8 Å². The number of hydrogen-bond donors (Lipinski definition) is 1. The molecule has 82 valence electrons. The van der Waals surface area contributed by atoms with Gasteiger partial charge in [0, 0.05) is 0 Å². The molecule has 0 fully saturated rings. The smallest absolute Gasteiger partial charge is 0.334 e. The van der Waals surface area contributed by atoms with Crippen LogP contribution in [0.1, 0.15) is 26.7 Å². The quantitative estimate of drug-likeness (QED) is 0.493. The second kappa shape index (κ2) is 7.32. The number of carbonyl (C=O) groups is 2. The molecule has 2 N–H and O–H groups in total. The fourth-order valence-corrected chi connectivity index (χ4v) is 0.681. The summed E-state index contributed by atoms with van der Waals surface area (Å²) in [6.07, 6.45) is 1.39. The normalized spacial score (nSPS) is 10.0. The molecule has 0 radical (unpaired) electrons. The molecule has 0 aromatic carbocycles. The summed E-state index contributed by atoms with van der Waals surface area (Å²) in [5.41, 5.74) is 5.29. The van der Waals surface area contributed by atoms with E-state index in [0.29, 0.717) is 12.8 Å². The van der Waals surface area contributed by atoms with Gasteiger partial charge in [0.05, 0.1) is 13.2 Å². The van der Waals surface area contributed by atoms with Crippen LogP contribution in [0.2, 0.25) is 0 Å². The first-order chi connectivity index (χ1) is 6.63. The van der Waals surface area contributed by atoms with Crippen molar-refractivity contribution in [1.29, 1.82) is 0 Å². The van der Waals surface area contributed by atoms with E-state index < -0.39 is 18.0 Å². The molecule has 5 heteroatoms. The van der Waals surface area contributed by atoms with Gasteiger partial charge < -0.3 is 15.2 Å². The van der Waals surface area contributed by atoms with E-state index >= 15 is 0 Å². The van der Waals surface area contributed by atoms with Gasteiger partial charge >= 0.3 is 11.9 Å². The Hall–Kier alpha value is -1.10. The Morgan fingerprint density at radius 2 is 1.43 bits per heavy atom. The Balaban J connectivity index is 3.85. The van der Waals surface area contributed by atoms with Crippen molar-refractivity contribution >= 4 is 11.9 Å². The third-order valence-electron chi connectivity index (χ3n) is 1.40. The maximum Gasteiger partial charge on any atom is 0.334 e. The van der Waals surface area contributed by atoms with E-state index in [1.54, 1.807) is 0 Å². The fourth-order valence-electron chi connectivity index (χ4n) is 0.681. The van der Waals surface area contributed by atoms with Crippen molar-refractivity contribution < 1.29 is 19.1 Å². The summed E-state index contributed by atoms with van der Waals surface area (Å²) in [4.78, 5) is 22.1. The minimum Gasteiger partial charge on any atom is -0.464 e. The van der Waals surface area contributed by atoms with E-state index in [1.807, 2.05) is 13.8 Å². The van der Waals surface area contributed by atoms with Gasteiger partial charge in [-0.3, -0.25) is 0 Å². The molecule has 0 rings (SSSR count). The Kier molecular flexibility index (Phi) is 6.74. The van der Waals surface area contributed by atoms with E-state index in [-0.39, 0.29) is 13.2 Å². The zero-order valence-corrected chi connectivity index (χ0v) is 8.62. The summed E-state index contributed by atoms with van der Waals surface area (Å²) in [5, 5.41) is 0. The predicted octanol–water partition coefficient (Wildman–Crippen LogP) is 0.220. The van der Waals surface area contributed by atoms with Crippen LogP contribution in [0.5, 0.6) is 0 Å². The van der Waals surface area contributed by atoms with Crippen molar-refractivity contribution in [2.24, 2.45) is 5.73 Å². The molecule has 0 aromatic rings. The summed E-state index contributed by atoms with van der Waals surface area (Å²) in [7, 11) is 0. The Morgan fingerprint density at radius 1 is 1.07 bits per heavy atom. The fraction of sp³-hybridized carbons (Fsp3) is 0.778. The Labute approximate surface area is 83.5 Å². The maximum atomic E-state index is 11.1. The van der Waals surface area contributed by atoms with Gasteiger partial charge in [-0.2, -0.15) is 0 Å². The van der Waals surface area contributed by atoms with E-state index in [4.69, 9.17) is 5.73 Å². The highest BCUT2D eigenvalue weighted by Gasteiger charge is 2.24. The van der Waals surface area contributed by atoms with Crippen molar-refractivity contribution in [3.8, 4) is 0 Å². The lowest BCUT2D eigenvalue weighted by Crippen LogP contribution is -2.41. The van der Waals surface area contributed by atoms with Crippen molar-refractivity contribution in [2.45, 2.75) is 32.7 Å². The zero-order valence-electron chi connectivity index (χ0n) is 8.62. The maximum absolute atomic E-state index is 11.1. The van der Waals surface area contributed by atoms with E-state index in [2.05, 4.69) is 9.47 Å². The summed E-state index contributed by atoms with van der Waals surface area (Å²) in [6, 6.07) is -1.31. The molecule has 0 aliphatic rings. The van der Waals surface area contributed by atoms with Crippen LogP contribution in [-0.2, 0) is 19.1 Å². The van der Waals surface area contributed by atoms with Crippen molar-refractivity contribution in [3.63, 3.8) is 0 Å². The number of carbonyl (C=O) groups excluding carboxylic acids is 2. The molecule has 0 spiro atoms. The van der Waals surface area contributed by atoms with Gasteiger partial charge in [-0.15, -0.1) is 0 Å². The van der Waals surface area contributed by atoms with Crippen LogP contribution in [0, 0.1) is 0 Å². The number of ether oxygens (including phenoxy) is 2. The standard InChI is InChI=1S/C9H17NO4/c1-3-5-13-8(11)7(10)9(12)14-6-4-2/h7H,3-6,10H2,1-2H3. The molecule has 0 bridgehead atoms. The highest BCUT2D eigenvalue weighted by molar-refractivity contribution is 5.98. The van der Waals surface area contributed by atoms with Crippen molar-refractivity contribution in [2.75, 3.05) is 13.2 Å². The van der Waals surface area contributed by atoms with E-state index in [1.165, 1.54) is 0 Å². The molecule has 0 atom stereocenters. The number of hydrogen-bond acceptors (Lipinski definition) is 5. The number of rotatable bonds is 6. The highest BCUT2D eigenvalue weighted by Crippen LogP contribution is 1.92. The molecular formula is C9H17NO4. The van der Waals surface area contributed by atoms with Crippen molar-refractivity contribution in [1.82, 2.24) is 0 Å². The zero-order chi connectivity index (χ0) is 11.0. The third-order valence-corrected chi connectivity index (χ3v) is 1.40. The average Bonchev–Trinajstić information content (AvgIpc) is 2.21. The topological polar surface area (TPSA) is 78.6 Å². The molecule has 0 heterocycles. The summed E-state index contributed by atoms with van der Waals surface area (Å²) in [6.45, 7) is 4.25. The molecule has 14 heavy (non-hydrogen) atoms. The van der Waals surface area contributed by atoms with Crippen LogP contribution in [0.3, 0.4) is 0 Å². The molecule has 0 aliphatic heterocycles. The van der Waals surface area contributed by atoms with Gasteiger partial charge in [0.2, 0.25) is 6.04 Å². The van der Waals surface area contributed by atoms with Crippen LogP contribution in [0.15, 0.2) is 0 Å². The first-order valence-corrected chi connectivity index (χ1v) is 4.72. The van der Waals surface area contributed by atoms with Crippen molar-refractivity contribution in [3.05, 3.63) is 0 Å². The largest absolute Gasteiger partial charge is 0.464 e. The second-order valence-electron chi connectivity index (χ2n) is 2.81. The van der Waals surface area contributed by atoms with Gasteiger partial charge in [0.15, 0.2) is 0 Å². The van der Waals surface area contributed by atoms with Crippen LogP contribution in [-0.4, -0.2) is 31.2 Å². The van der Waals surface area contributed by atoms with Gasteiger partial charge in [0.1, 0.15) is 0 Å². The van der Waals surface area contributed by atoms with Crippen LogP contribution in [0.4, 0.5) is 0 Å². The molecule has 0 unspecified atom stereocenters. The lowest BCUT2D eigenvalue weighted by atomic mass is 10.3. The molecule has 0 aliphatic carbocycles. The van der Waals surface area contributed by atoms with E-state index in [0.717, 1.165) is 0 Å². The summed E-state index contributed by atoms with van der Waals surface area (Å²) in [5.74, 6) is -1.46. The molecular weight excluding hydrogens is 186 g/mol. The second-order valence-corrected chi connectivity index (χ2v) is 2.81. The number of esters is 2. The predicted molar refractivity (Wildman–Crippen MR) is 50.5 cm³/mol. The third kappa shape index (κ3) is 4.81. The van der Waals surface area contributed by atoms with Gasteiger partial charge in [-0.25, -0.2) is 9.59 Å². The highest BCUT2D eigenvalue weighted by atomic mass is 16.6. The lowest BCUT2D eigenvalue weighted by Gasteiger charge is -2.10. The van der Waals surface area contributed by atoms with Crippen LogP contribution in [0.25, 0.3) is 0 Å². The minimum atomic E-state index is -1.31. The number of nitrogens with two attached hydrogens (primary N) is 1. The van der Waals surface area contributed by atoms with Crippen LogP contribution >= 0.6 is 0 Å². The Bertz CT molecular complexity index is 173. The molecule has 0 aromatic heterocycles. The summed E-state index contributed by atoms with van der Waals surface area (Å²) < 4.78 is 9.38. The molecule has 0 saturated heterocycles. The van der Waals surface area contributed by atoms with Crippen LogP contribution < -0.4 is 5.73 Å². The van der Waals surface area contributed by atoms with Gasteiger partial charge in [0.25, 0.3) is 0 Å². The monoisotopic (exact) mass is 203 g/mol. The minimum absolute atomic E-state index is 0.271. The first-order valence-electron chi connectivity index (χ1n) is 4.72. The Morgan fingerprint density at radius 3 is 1.71 bits per heavy atom. The first kappa shape index (κ1) is 12.9. The van der Waals surface area contributed by atoms with Gasteiger partial charge in [-0.1, -0.05) is 13.8 Å². The molecule has 0 saturated carbocycles. The summed E-state index contributed by atoms with van der Waals surface area (Å²) >= 11 is 0. The SMILES string of the molecule is CCCOC(=O)C(N)C(=O)OCCC. The lowest BCUT2D eigenvalue weighted by molar-refractivity contribution is -0.157. The molecule has 5 nitrogen and oxygen atoms in total. The molecule has 0 amide bonds. The van der Waals surface area contributed by atoms with E-state index in [9.17, 15) is 9.59 Å². The average molecular weight is 203 g/mol.